The molecule has 160 valence electrons. The Labute approximate surface area is 164 Å². The Morgan fingerprint density at radius 2 is 1.90 bits per heavy atom. The van der Waals surface area contributed by atoms with E-state index in [9.17, 15) is 23.1 Å². The number of nitrogens with zero attached hydrogens (tertiary/aromatic N) is 1. The minimum atomic E-state index is -5.08. The van der Waals surface area contributed by atoms with Crippen LogP contribution in [0.4, 0.5) is 13.2 Å². The number of aliphatic carboxylic acids is 2. The lowest BCUT2D eigenvalue weighted by molar-refractivity contribution is -0.192. The number of carbonyl (C=O) groups is 2. The summed E-state index contributed by atoms with van der Waals surface area (Å²) in [4.78, 5) is 25.9. The SMILES string of the molecule is COc1ccc2[nH]c3c(c2c1)CC(CN(C)C)NC3C(=O)O.O=C(O)C(F)(F)F. The molecule has 1 aromatic carbocycles. The maximum atomic E-state index is 11.6. The van der Waals surface area contributed by atoms with Crippen LogP contribution in [0.15, 0.2) is 18.2 Å². The van der Waals surface area contributed by atoms with Gasteiger partial charge in [-0.2, -0.15) is 13.2 Å². The van der Waals surface area contributed by atoms with E-state index in [2.05, 4.69) is 15.2 Å². The average Bonchev–Trinajstić information content (AvgIpc) is 2.97. The van der Waals surface area contributed by atoms with Crippen molar-refractivity contribution >= 4 is 22.8 Å². The van der Waals surface area contributed by atoms with Gasteiger partial charge in [0.25, 0.3) is 0 Å². The molecule has 0 radical (unpaired) electrons. The van der Waals surface area contributed by atoms with E-state index in [1.807, 2.05) is 32.3 Å². The number of ether oxygens (including phenoxy) is 1. The number of hydrogen-bond donors (Lipinski definition) is 4. The van der Waals surface area contributed by atoms with Crippen molar-refractivity contribution in [3.63, 3.8) is 0 Å². The summed E-state index contributed by atoms with van der Waals surface area (Å²) in [5.74, 6) is -2.83. The van der Waals surface area contributed by atoms with Crippen molar-refractivity contribution in [2.45, 2.75) is 24.7 Å². The molecule has 3 rings (SSSR count). The number of carboxylic acid groups (broad SMARTS) is 2. The summed E-state index contributed by atoms with van der Waals surface area (Å²) < 4.78 is 37.0. The Kier molecular flexibility index (Phi) is 6.75. The van der Waals surface area contributed by atoms with Crippen LogP contribution in [0.2, 0.25) is 0 Å². The van der Waals surface area contributed by atoms with Gasteiger partial charge in [0, 0.05) is 29.2 Å². The van der Waals surface area contributed by atoms with Gasteiger partial charge in [0.15, 0.2) is 0 Å². The Balaban J connectivity index is 0.000000370. The largest absolute Gasteiger partial charge is 0.497 e. The second-order valence-electron chi connectivity index (χ2n) is 6.83. The molecular weight excluding hydrogens is 395 g/mol. The molecule has 1 aliphatic rings. The van der Waals surface area contributed by atoms with E-state index in [0.717, 1.165) is 40.9 Å². The Morgan fingerprint density at radius 3 is 2.38 bits per heavy atom. The van der Waals surface area contributed by atoms with E-state index in [0.29, 0.717) is 0 Å². The van der Waals surface area contributed by atoms with E-state index in [1.165, 1.54) is 0 Å². The highest BCUT2D eigenvalue weighted by Gasteiger charge is 2.38. The van der Waals surface area contributed by atoms with Gasteiger partial charge in [0.05, 0.1) is 7.11 Å². The average molecular weight is 417 g/mol. The Morgan fingerprint density at radius 1 is 1.28 bits per heavy atom. The number of likely N-dealkylation sites (N-methyl/N-ethyl adjacent to an activating group) is 1. The number of aromatic amines is 1. The molecule has 2 atom stereocenters. The number of methoxy groups -OCH3 is 1. The maximum Gasteiger partial charge on any atom is 0.490 e. The van der Waals surface area contributed by atoms with Crippen molar-refractivity contribution < 1.29 is 37.7 Å². The van der Waals surface area contributed by atoms with E-state index < -0.39 is 24.2 Å². The molecule has 1 aromatic heterocycles. The van der Waals surface area contributed by atoms with Crippen molar-refractivity contribution in [1.82, 2.24) is 15.2 Å². The standard InChI is InChI=1S/C16H21N3O3.C2HF3O2/c1-19(2)8-9-6-12-11-7-10(22-3)4-5-13(11)18-14(12)15(17-9)16(20)21;3-2(4,5)1(6)7/h4-5,7,9,15,17-18H,6,8H2,1-3H3,(H,20,21);(H,6,7). The van der Waals surface area contributed by atoms with Crippen LogP contribution in [0.1, 0.15) is 17.3 Å². The van der Waals surface area contributed by atoms with Gasteiger partial charge in [0.1, 0.15) is 11.8 Å². The minimum Gasteiger partial charge on any atom is -0.497 e. The van der Waals surface area contributed by atoms with Gasteiger partial charge in [-0.25, -0.2) is 4.79 Å². The summed E-state index contributed by atoms with van der Waals surface area (Å²) >= 11 is 0. The number of alkyl halides is 3. The second-order valence-corrected chi connectivity index (χ2v) is 6.83. The molecule has 0 saturated heterocycles. The van der Waals surface area contributed by atoms with Gasteiger partial charge in [-0.05, 0) is 44.3 Å². The highest BCUT2D eigenvalue weighted by Crippen LogP contribution is 2.34. The monoisotopic (exact) mass is 417 g/mol. The molecule has 0 fully saturated rings. The zero-order chi connectivity index (χ0) is 21.9. The predicted molar refractivity (Wildman–Crippen MR) is 98.1 cm³/mol. The van der Waals surface area contributed by atoms with Crippen molar-refractivity contribution in [1.29, 1.82) is 0 Å². The summed E-state index contributed by atoms with van der Waals surface area (Å²) in [5, 5.41) is 20.9. The molecule has 0 bridgehead atoms. The third-order valence-electron chi connectivity index (χ3n) is 4.36. The summed E-state index contributed by atoms with van der Waals surface area (Å²) in [5.41, 5.74) is 2.78. The lowest BCUT2D eigenvalue weighted by Gasteiger charge is -2.30. The molecule has 4 N–H and O–H groups in total. The van der Waals surface area contributed by atoms with E-state index >= 15 is 0 Å². The first kappa shape index (κ1) is 22.5. The molecule has 0 saturated carbocycles. The minimum absolute atomic E-state index is 0.105. The van der Waals surface area contributed by atoms with Gasteiger partial charge >= 0.3 is 18.1 Å². The number of halogens is 3. The summed E-state index contributed by atoms with van der Waals surface area (Å²) in [6.45, 7) is 0.792. The zero-order valence-electron chi connectivity index (χ0n) is 16.0. The van der Waals surface area contributed by atoms with Crippen LogP contribution in [-0.4, -0.2) is 72.0 Å². The van der Waals surface area contributed by atoms with Crippen LogP contribution in [0.3, 0.4) is 0 Å². The van der Waals surface area contributed by atoms with Gasteiger partial charge in [-0.3, -0.25) is 10.1 Å². The molecule has 11 heteroatoms. The number of hydrogen-bond acceptors (Lipinski definition) is 5. The highest BCUT2D eigenvalue weighted by atomic mass is 19.4. The maximum absolute atomic E-state index is 11.6. The molecule has 2 aromatic rings. The first-order valence-electron chi connectivity index (χ1n) is 8.56. The second kappa shape index (κ2) is 8.70. The van der Waals surface area contributed by atoms with Gasteiger partial charge in [0.2, 0.25) is 0 Å². The van der Waals surface area contributed by atoms with Gasteiger partial charge in [-0.15, -0.1) is 0 Å². The smallest absolute Gasteiger partial charge is 0.490 e. The molecule has 2 unspecified atom stereocenters. The van der Waals surface area contributed by atoms with Crippen molar-refractivity contribution in [3.05, 3.63) is 29.5 Å². The fraction of sp³-hybridized carbons (Fsp3) is 0.444. The molecular formula is C18H22F3N3O5. The number of nitrogens with one attached hydrogen (secondary N) is 2. The molecule has 8 nitrogen and oxygen atoms in total. The number of carboxylic acids is 2. The number of rotatable bonds is 4. The molecule has 0 spiro atoms. The lowest BCUT2D eigenvalue weighted by atomic mass is 9.93. The summed E-state index contributed by atoms with van der Waals surface area (Å²) in [7, 11) is 5.62. The van der Waals surface area contributed by atoms with Crippen molar-refractivity contribution in [2.75, 3.05) is 27.7 Å². The topological polar surface area (TPSA) is 115 Å². The first-order chi connectivity index (χ1) is 13.4. The highest BCUT2D eigenvalue weighted by molar-refractivity contribution is 5.89. The molecule has 0 amide bonds. The van der Waals surface area contributed by atoms with Crippen LogP contribution in [0.25, 0.3) is 10.9 Å². The number of fused-ring (bicyclic) bond motifs is 3. The molecule has 0 aliphatic carbocycles. The van der Waals surface area contributed by atoms with E-state index in [1.54, 1.807) is 7.11 Å². The molecule has 1 aliphatic heterocycles. The number of aromatic nitrogens is 1. The quantitative estimate of drug-likeness (QED) is 0.602. The third kappa shape index (κ3) is 5.39. The summed E-state index contributed by atoms with van der Waals surface area (Å²) in [6.07, 6.45) is -4.29. The van der Waals surface area contributed by atoms with Crippen molar-refractivity contribution in [2.24, 2.45) is 0 Å². The molecule has 29 heavy (non-hydrogen) atoms. The third-order valence-corrected chi connectivity index (χ3v) is 4.36. The lowest BCUT2D eigenvalue weighted by Crippen LogP contribution is -2.47. The van der Waals surface area contributed by atoms with Crippen LogP contribution >= 0.6 is 0 Å². The normalized spacial score (nSPS) is 18.7. The van der Waals surface area contributed by atoms with Gasteiger partial charge < -0.3 is 24.8 Å². The van der Waals surface area contributed by atoms with Crippen LogP contribution < -0.4 is 10.1 Å². The summed E-state index contributed by atoms with van der Waals surface area (Å²) in [6, 6.07) is 5.19. The first-order valence-corrected chi connectivity index (χ1v) is 8.56. The van der Waals surface area contributed by atoms with Crippen molar-refractivity contribution in [3.8, 4) is 5.75 Å². The van der Waals surface area contributed by atoms with Crippen LogP contribution in [0, 0.1) is 0 Å². The van der Waals surface area contributed by atoms with Crippen LogP contribution in [-0.2, 0) is 16.0 Å². The zero-order valence-corrected chi connectivity index (χ0v) is 16.0. The molecule has 2 heterocycles. The Bertz CT molecular complexity index is 895. The fourth-order valence-electron chi connectivity index (χ4n) is 3.22. The van der Waals surface area contributed by atoms with E-state index in [-0.39, 0.29) is 6.04 Å². The van der Waals surface area contributed by atoms with Gasteiger partial charge in [-0.1, -0.05) is 0 Å². The Hall–Kier alpha value is -2.79. The number of benzene rings is 1. The van der Waals surface area contributed by atoms with E-state index in [4.69, 9.17) is 14.6 Å². The fourth-order valence-corrected chi connectivity index (χ4v) is 3.22. The predicted octanol–water partition coefficient (Wildman–Crippen LogP) is 2.01. The number of H-pyrrole nitrogens is 1. The van der Waals surface area contributed by atoms with Crippen LogP contribution in [0.5, 0.6) is 5.75 Å².